The average Bonchev–Trinajstić information content (AvgIpc) is 3.57. The zero-order chi connectivity index (χ0) is 24.0. The Labute approximate surface area is 206 Å². The fourth-order valence-corrected chi connectivity index (χ4v) is 4.36. The van der Waals surface area contributed by atoms with Crippen LogP contribution in [0.4, 0.5) is 5.69 Å². The number of esters is 1. The van der Waals surface area contributed by atoms with Crippen molar-refractivity contribution in [2.24, 2.45) is 0 Å². The molecule has 0 atom stereocenters. The first-order chi connectivity index (χ1) is 17.2. The Hall–Kier alpha value is -4.49. The molecule has 0 fully saturated rings. The number of nitrogens with one attached hydrogen (secondary N) is 1. The fourth-order valence-electron chi connectivity index (χ4n) is 3.63. The van der Waals surface area contributed by atoms with Crippen LogP contribution in [0.3, 0.4) is 0 Å². The van der Waals surface area contributed by atoms with E-state index in [2.05, 4.69) is 5.32 Å². The Morgan fingerprint density at radius 1 is 0.943 bits per heavy atom. The van der Waals surface area contributed by atoms with Gasteiger partial charge < -0.3 is 10.1 Å². The van der Waals surface area contributed by atoms with E-state index in [0.717, 1.165) is 32.6 Å². The van der Waals surface area contributed by atoms with Crippen LogP contribution in [0.5, 0.6) is 0 Å². The van der Waals surface area contributed by atoms with Crippen molar-refractivity contribution in [2.45, 2.75) is 0 Å². The van der Waals surface area contributed by atoms with E-state index in [1.54, 1.807) is 22.1 Å². The third-order valence-corrected chi connectivity index (χ3v) is 6.17. The topological polar surface area (TPSA) is 73.2 Å². The van der Waals surface area contributed by atoms with Gasteiger partial charge in [0.2, 0.25) is 0 Å². The van der Waals surface area contributed by atoms with Gasteiger partial charge in [0.05, 0.1) is 10.6 Å². The molecule has 0 bridgehead atoms. The Bertz CT molecular complexity index is 1510. The van der Waals surface area contributed by atoms with E-state index >= 15 is 0 Å². The summed E-state index contributed by atoms with van der Waals surface area (Å²) in [4.78, 5) is 25.6. The molecule has 172 valence electrons. The molecular weight excluding hydrogens is 458 g/mol. The monoisotopic (exact) mass is 479 g/mol. The van der Waals surface area contributed by atoms with Gasteiger partial charge in [0.25, 0.3) is 5.91 Å². The van der Waals surface area contributed by atoms with Crippen molar-refractivity contribution in [1.29, 1.82) is 0 Å². The van der Waals surface area contributed by atoms with Crippen LogP contribution < -0.4 is 5.32 Å². The lowest BCUT2D eigenvalue weighted by atomic mass is 10.1. The minimum atomic E-state index is -0.608. The van der Waals surface area contributed by atoms with E-state index in [9.17, 15) is 9.59 Å². The van der Waals surface area contributed by atoms with E-state index < -0.39 is 11.9 Å². The first-order valence-electron chi connectivity index (χ1n) is 11.0. The second kappa shape index (κ2) is 10.2. The first-order valence-corrected chi connectivity index (χ1v) is 11.9. The predicted octanol–water partition coefficient (Wildman–Crippen LogP) is 5.95. The number of fused-ring (bicyclic) bond motifs is 1. The maximum absolute atomic E-state index is 12.3. The lowest BCUT2D eigenvalue weighted by Gasteiger charge is -2.06. The second-order valence-electron chi connectivity index (χ2n) is 7.74. The number of anilines is 1. The van der Waals surface area contributed by atoms with Crippen LogP contribution in [0.2, 0.25) is 0 Å². The van der Waals surface area contributed by atoms with Crippen molar-refractivity contribution >= 4 is 45.7 Å². The number of thiophene rings is 1. The SMILES string of the molecule is O=C(COC(=O)C=Cc1cn(-c2ccccc2)nc1-c1cccs1)Nc1ccc2ccccc2c1. The maximum Gasteiger partial charge on any atom is 0.331 e. The summed E-state index contributed by atoms with van der Waals surface area (Å²) in [6.07, 6.45) is 4.83. The van der Waals surface area contributed by atoms with Gasteiger partial charge >= 0.3 is 5.97 Å². The number of para-hydroxylation sites is 1. The van der Waals surface area contributed by atoms with Crippen molar-refractivity contribution in [1.82, 2.24) is 9.78 Å². The number of aromatic nitrogens is 2. The average molecular weight is 480 g/mol. The molecule has 0 aliphatic heterocycles. The smallest absolute Gasteiger partial charge is 0.331 e. The normalized spacial score (nSPS) is 11.1. The highest BCUT2D eigenvalue weighted by Crippen LogP contribution is 2.28. The zero-order valence-corrected chi connectivity index (χ0v) is 19.4. The van der Waals surface area contributed by atoms with Crippen LogP contribution >= 0.6 is 11.3 Å². The molecule has 0 saturated carbocycles. The Morgan fingerprint density at radius 2 is 1.74 bits per heavy atom. The molecular formula is C28H21N3O3S. The number of nitrogens with zero attached hydrogens (tertiary/aromatic N) is 2. The first kappa shape index (κ1) is 22.3. The third-order valence-electron chi connectivity index (χ3n) is 5.30. The molecule has 0 aliphatic rings. The number of ether oxygens (including phenoxy) is 1. The lowest BCUT2D eigenvalue weighted by molar-refractivity contribution is -0.142. The molecule has 35 heavy (non-hydrogen) atoms. The van der Waals surface area contributed by atoms with Gasteiger partial charge in [0.1, 0.15) is 5.69 Å². The molecule has 1 amide bonds. The molecule has 5 aromatic rings. The Morgan fingerprint density at radius 3 is 2.54 bits per heavy atom. The zero-order valence-electron chi connectivity index (χ0n) is 18.6. The van der Waals surface area contributed by atoms with Gasteiger partial charge in [-0.05, 0) is 52.6 Å². The second-order valence-corrected chi connectivity index (χ2v) is 8.69. The van der Waals surface area contributed by atoms with E-state index in [4.69, 9.17) is 9.84 Å². The van der Waals surface area contributed by atoms with Crippen LogP contribution in [-0.2, 0) is 14.3 Å². The summed E-state index contributed by atoms with van der Waals surface area (Å²) in [6, 6.07) is 27.2. The van der Waals surface area contributed by atoms with Crippen molar-refractivity contribution in [3.05, 3.63) is 108 Å². The number of hydrogen-bond acceptors (Lipinski definition) is 5. The largest absolute Gasteiger partial charge is 0.452 e. The van der Waals surface area contributed by atoms with Gasteiger partial charge in [0.15, 0.2) is 6.61 Å². The Balaban J connectivity index is 1.24. The molecule has 7 heteroatoms. The van der Waals surface area contributed by atoms with Gasteiger partial charge in [-0.2, -0.15) is 5.10 Å². The summed E-state index contributed by atoms with van der Waals surface area (Å²) in [7, 11) is 0. The van der Waals surface area contributed by atoms with Crippen molar-refractivity contribution in [3.8, 4) is 16.3 Å². The summed E-state index contributed by atoms with van der Waals surface area (Å²) in [5, 5.41) is 11.5. The van der Waals surface area contributed by atoms with Gasteiger partial charge in [-0.1, -0.05) is 54.6 Å². The van der Waals surface area contributed by atoms with E-state index in [0.29, 0.717) is 5.69 Å². The molecule has 0 spiro atoms. The van der Waals surface area contributed by atoms with Crippen molar-refractivity contribution < 1.29 is 14.3 Å². The summed E-state index contributed by atoms with van der Waals surface area (Å²) in [5.74, 6) is -1.01. The van der Waals surface area contributed by atoms with Gasteiger partial charge in [-0.25, -0.2) is 9.48 Å². The van der Waals surface area contributed by atoms with Crippen LogP contribution in [-0.4, -0.2) is 28.3 Å². The maximum atomic E-state index is 12.3. The van der Waals surface area contributed by atoms with E-state index in [-0.39, 0.29) is 6.61 Å². The summed E-state index contributed by atoms with van der Waals surface area (Å²) in [5.41, 5.74) is 3.10. The number of hydrogen-bond donors (Lipinski definition) is 1. The standard InChI is InChI=1S/C28H21N3O3S/c32-26(29-23-14-12-20-7-4-5-8-21(20)17-23)19-34-27(33)15-13-22-18-31(24-9-2-1-3-10-24)30-28(22)25-11-6-16-35-25/h1-18H,19H2,(H,29,32). The van der Waals surface area contributed by atoms with Gasteiger partial charge in [0, 0.05) is 23.5 Å². The van der Waals surface area contributed by atoms with Gasteiger partial charge in [-0.3, -0.25) is 4.79 Å². The molecule has 1 N–H and O–H groups in total. The number of rotatable bonds is 7. The molecule has 0 unspecified atom stereocenters. The van der Waals surface area contributed by atoms with Crippen LogP contribution in [0.15, 0.2) is 103 Å². The summed E-state index contributed by atoms with van der Waals surface area (Å²) < 4.78 is 6.92. The van der Waals surface area contributed by atoms with E-state index in [1.807, 2.05) is 96.5 Å². The molecule has 3 aromatic carbocycles. The van der Waals surface area contributed by atoms with Crippen molar-refractivity contribution in [2.75, 3.05) is 11.9 Å². The quantitative estimate of drug-likeness (QED) is 0.231. The minimum absolute atomic E-state index is 0.378. The van der Waals surface area contributed by atoms with Gasteiger partial charge in [-0.15, -0.1) is 11.3 Å². The highest BCUT2D eigenvalue weighted by Gasteiger charge is 2.12. The minimum Gasteiger partial charge on any atom is -0.452 e. The molecule has 2 aromatic heterocycles. The fraction of sp³-hybridized carbons (Fsp3) is 0.0357. The lowest BCUT2D eigenvalue weighted by Crippen LogP contribution is -2.20. The molecule has 2 heterocycles. The van der Waals surface area contributed by atoms with Crippen LogP contribution in [0, 0.1) is 0 Å². The van der Waals surface area contributed by atoms with Crippen LogP contribution in [0.1, 0.15) is 5.56 Å². The predicted molar refractivity (Wildman–Crippen MR) is 139 cm³/mol. The molecule has 0 saturated heterocycles. The number of benzene rings is 3. The molecule has 0 aliphatic carbocycles. The molecule has 5 rings (SSSR count). The molecule has 0 radical (unpaired) electrons. The Kier molecular flexibility index (Phi) is 6.50. The highest BCUT2D eigenvalue weighted by molar-refractivity contribution is 7.13. The number of carbonyl (C=O) groups is 2. The summed E-state index contributed by atoms with van der Waals surface area (Å²) in [6.45, 7) is -0.378. The number of carbonyl (C=O) groups excluding carboxylic acids is 2. The number of amides is 1. The molecule has 6 nitrogen and oxygen atoms in total. The summed E-state index contributed by atoms with van der Waals surface area (Å²) >= 11 is 1.57. The third kappa shape index (κ3) is 5.37. The van der Waals surface area contributed by atoms with Crippen molar-refractivity contribution in [3.63, 3.8) is 0 Å². The highest BCUT2D eigenvalue weighted by atomic mass is 32.1. The van der Waals surface area contributed by atoms with E-state index in [1.165, 1.54) is 6.08 Å². The van der Waals surface area contributed by atoms with Crippen LogP contribution in [0.25, 0.3) is 33.1 Å².